The van der Waals surface area contributed by atoms with Gasteiger partial charge in [0.25, 0.3) is 0 Å². The number of hydrogen-bond donors (Lipinski definition) is 2. The molecule has 0 aromatic rings. The largest absolute Gasteiger partial charge is 0.392 e. The summed E-state index contributed by atoms with van der Waals surface area (Å²) in [7, 11) is 2.14. The summed E-state index contributed by atoms with van der Waals surface area (Å²) in [4.78, 5) is 2.33. The molecule has 0 radical (unpaired) electrons. The molecule has 1 rings (SSSR count). The standard InChI is InChI=1S/C16H34N2O/c1-6-16(3,4)14-8-7-13(10-17)15(9-14)18(5)11-12(2)19/h12-15,19H,6-11,17H2,1-5H3. The Balaban J connectivity index is 2.73. The van der Waals surface area contributed by atoms with Crippen LogP contribution in [0.5, 0.6) is 0 Å². The van der Waals surface area contributed by atoms with Crippen LogP contribution in [0.15, 0.2) is 0 Å². The van der Waals surface area contributed by atoms with Crippen molar-refractivity contribution in [1.29, 1.82) is 0 Å². The Hall–Kier alpha value is -0.120. The number of nitrogens with two attached hydrogens (primary N) is 1. The van der Waals surface area contributed by atoms with Gasteiger partial charge in [-0.15, -0.1) is 0 Å². The molecule has 3 nitrogen and oxygen atoms in total. The molecule has 0 aromatic heterocycles. The Bertz CT molecular complexity index is 265. The van der Waals surface area contributed by atoms with Gasteiger partial charge in [-0.05, 0) is 57.0 Å². The average molecular weight is 270 g/mol. The summed E-state index contributed by atoms with van der Waals surface area (Å²) in [6, 6.07) is 0.532. The molecule has 0 saturated heterocycles. The van der Waals surface area contributed by atoms with Crippen LogP contribution in [0.25, 0.3) is 0 Å². The maximum Gasteiger partial charge on any atom is 0.0639 e. The van der Waals surface area contributed by atoms with Gasteiger partial charge >= 0.3 is 0 Å². The van der Waals surface area contributed by atoms with Crippen molar-refractivity contribution in [3.8, 4) is 0 Å². The van der Waals surface area contributed by atoms with Gasteiger partial charge in [0.15, 0.2) is 0 Å². The normalized spacial score (nSPS) is 30.6. The molecular formula is C16H34N2O. The first-order valence-corrected chi connectivity index (χ1v) is 7.90. The number of rotatable bonds is 6. The van der Waals surface area contributed by atoms with Gasteiger partial charge in [0.2, 0.25) is 0 Å². The van der Waals surface area contributed by atoms with Crippen LogP contribution in [0.4, 0.5) is 0 Å². The topological polar surface area (TPSA) is 49.5 Å². The molecular weight excluding hydrogens is 236 g/mol. The number of likely N-dealkylation sites (N-methyl/N-ethyl adjacent to an activating group) is 1. The lowest BCUT2D eigenvalue weighted by Crippen LogP contribution is -2.49. The van der Waals surface area contributed by atoms with E-state index in [-0.39, 0.29) is 6.10 Å². The zero-order valence-electron chi connectivity index (χ0n) is 13.5. The van der Waals surface area contributed by atoms with E-state index in [1.54, 1.807) is 0 Å². The second-order valence-corrected chi connectivity index (χ2v) is 7.20. The Kier molecular flexibility index (Phi) is 6.28. The SMILES string of the molecule is CCC(C)(C)C1CCC(CN)C(N(C)CC(C)O)C1. The minimum Gasteiger partial charge on any atom is -0.392 e. The van der Waals surface area contributed by atoms with Crippen LogP contribution in [0.3, 0.4) is 0 Å². The Morgan fingerprint density at radius 2 is 2.00 bits per heavy atom. The minimum atomic E-state index is -0.261. The summed E-state index contributed by atoms with van der Waals surface area (Å²) in [6.07, 6.45) is 4.74. The first-order chi connectivity index (χ1) is 8.81. The number of hydrogen-bond acceptors (Lipinski definition) is 3. The van der Waals surface area contributed by atoms with Crippen molar-refractivity contribution < 1.29 is 5.11 Å². The molecule has 3 heteroatoms. The quantitative estimate of drug-likeness (QED) is 0.779. The van der Waals surface area contributed by atoms with Crippen LogP contribution in [0.2, 0.25) is 0 Å². The molecule has 1 aliphatic carbocycles. The highest BCUT2D eigenvalue weighted by atomic mass is 16.3. The van der Waals surface area contributed by atoms with E-state index in [1.165, 1.54) is 25.7 Å². The summed E-state index contributed by atoms with van der Waals surface area (Å²) in [5.41, 5.74) is 6.38. The second kappa shape index (κ2) is 7.05. The fraction of sp³-hybridized carbons (Fsp3) is 1.00. The van der Waals surface area contributed by atoms with Gasteiger partial charge in [0.05, 0.1) is 6.10 Å². The molecule has 0 bridgehead atoms. The number of aliphatic hydroxyl groups excluding tert-OH is 1. The van der Waals surface area contributed by atoms with Crippen LogP contribution in [-0.2, 0) is 0 Å². The zero-order chi connectivity index (χ0) is 14.6. The van der Waals surface area contributed by atoms with Crippen molar-refractivity contribution in [2.45, 2.75) is 65.5 Å². The fourth-order valence-electron chi connectivity index (χ4n) is 3.57. The Morgan fingerprint density at radius 1 is 1.37 bits per heavy atom. The van der Waals surface area contributed by atoms with E-state index >= 15 is 0 Å². The van der Waals surface area contributed by atoms with Gasteiger partial charge in [-0.2, -0.15) is 0 Å². The van der Waals surface area contributed by atoms with Gasteiger partial charge < -0.3 is 15.7 Å². The molecule has 19 heavy (non-hydrogen) atoms. The minimum absolute atomic E-state index is 0.261. The first-order valence-electron chi connectivity index (χ1n) is 7.90. The van der Waals surface area contributed by atoms with Crippen LogP contribution in [-0.4, -0.2) is 42.3 Å². The van der Waals surface area contributed by atoms with E-state index in [9.17, 15) is 5.11 Å². The summed E-state index contributed by atoms with van der Waals surface area (Å²) in [6.45, 7) is 10.5. The van der Waals surface area contributed by atoms with Crippen molar-refractivity contribution in [3.63, 3.8) is 0 Å². The van der Waals surface area contributed by atoms with E-state index in [0.717, 1.165) is 19.0 Å². The fourth-order valence-corrected chi connectivity index (χ4v) is 3.57. The summed E-state index contributed by atoms with van der Waals surface area (Å²) < 4.78 is 0. The van der Waals surface area contributed by atoms with Crippen molar-refractivity contribution in [2.75, 3.05) is 20.1 Å². The lowest BCUT2D eigenvalue weighted by Gasteiger charge is -2.46. The predicted octanol–water partition coefficient (Wildman–Crippen LogP) is 2.48. The van der Waals surface area contributed by atoms with Gasteiger partial charge in [0.1, 0.15) is 0 Å². The lowest BCUT2D eigenvalue weighted by molar-refractivity contribution is 0.0298. The Morgan fingerprint density at radius 3 is 2.47 bits per heavy atom. The van der Waals surface area contributed by atoms with Crippen LogP contribution >= 0.6 is 0 Å². The van der Waals surface area contributed by atoms with Gasteiger partial charge in [0, 0.05) is 12.6 Å². The van der Waals surface area contributed by atoms with E-state index < -0.39 is 0 Å². The van der Waals surface area contributed by atoms with E-state index in [0.29, 0.717) is 17.4 Å². The third kappa shape index (κ3) is 4.44. The third-order valence-corrected chi connectivity index (χ3v) is 5.39. The lowest BCUT2D eigenvalue weighted by atomic mass is 9.65. The van der Waals surface area contributed by atoms with Crippen LogP contribution in [0, 0.1) is 17.3 Å². The molecule has 4 atom stereocenters. The molecule has 0 aliphatic heterocycles. The average Bonchev–Trinajstić information content (AvgIpc) is 2.37. The van der Waals surface area contributed by atoms with E-state index in [1.807, 2.05) is 6.92 Å². The summed E-state index contributed by atoms with van der Waals surface area (Å²) >= 11 is 0. The van der Waals surface area contributed by atoms with Crippen molar-refractivity contribution in [2.24, 2.45) is 23.0 Å². The molecule has 0 heterocycles. The van der Waals surface area contributed by atoms with Gasteiger partial charge in [-0.25, -0.2) is 0 Å². The van der Waals surface area contributed by atoms with Crippen LogP contribution in [0.1, 0.15) is 53.4 Å². The zero-order valence-corrected chi connectivity index (χ0v) is 13.5. The van der Waals surface area contributed by atoms with Gasteiger partial charge in [-0.3, -0.25) is 0 Å². The van der Waals surface area contributed by atoms with E-state index in [2.05, 4.69) is 32.7 Å². The van der Waals surface area contributed by atoms with E-state index in [4.69, 9.17) is 5.73 Å². The summed E-state index contributed by atoms with van der Waals surface area (Å²) in [5, 5.41) is 9.61. The number of nitrogens with zero attached hydrogens (tertiary/aromatic N) is 1. The second-order valence-electron chi connectivity index (χ2n) is 7.20. The molecule has 114 valence electrons. The van der Waals surface area contributed by atoms with Crippen LogP contribution < -0.4 is 5.73 Å². The Labute approximate surface area is 119 Å². The number of aliphatic hydroxyl groups is 1. The molecule has 0 amide bonds. The highest BCUT2D eigenvalue weighted by Crippen LogP contribution is 2.43. The highest BCUT2D eigenvalue weighted by Gasteiger charge is 2.38. The molecule has 4 unspecified atom stereocenters. The summed E-state index contributed by atoms with van der Waals surface area (Å²) in [5.74, 6) is 1.37. The van der Waals surface area contributed by atoms with Crippen molar-refractivity contribution in [1.82, 2.24) is 4.90 Å². The van der Waals surface area contributed by atoms with Crippen molar-refractivity contribution in [3.05, 3.63) is 0 Å². The molecule has 1 aliphatic rings. The van der Waals surface area contributed by atoms with Gasteiger partial charge in [-0.1, -0.05) is 27.2 Å². The maximum absolute atomic E-state index is 9.61. The first kappa shape index (κ1) is 16.9. The smallest absolute Gasteiger partial charge is 0.0639 e. The third-order valence-electron chi connectivity index (χ3n) is 5.39. The molecule has 0 aromatic carbocycles. The maximum atomic E-state index is 9.61. The molecule has 1 fully saturated rings. The highest BCUT2D eigenvalue weighted by molar-refractivity contribution is 4.91. The molecule has 0 spiro atoms. The van der Waals surface area contributed by atoms with Crippen molar-refractivity contribution >= 4 is 0 Å². The predicted molar refractivity (Wildman–Crippen MR) is 82.1 cm³/mol. The monoisotopic (exact) mass is 270 g/mol. The molecule has 1 saturated carbocycles. The molecule has 3 N–H and O–H groups in total.